The van der Waals surface area contributed by atoms with Gasteiger partial charge in [-0.1, -0.05) is 13.8 Å². The molecule has 0 unspecified atom stereocenters. The lowest BCUT2D eigenvalue weighted by Crippen LogP contribution is -2.42. The summed E-state index contributed by atoms with van der Waals surface area (Å²) in [4.78, 5) is 27.0. The SMILES string of the molecule is CCN(CC)Cc1ccc(C(=O)NNC(=O)c2sccc2S(=O)(=O)N2CCSCC2)o1. The predicted molar refractivity (Wildman–Crippen MR) is 121 cm³/mol. The van der Waals surface area contributed by atoms with E-state index in [2.05, 4.69) is 15.8 Å². The third-order valence-corrected chi connectivity index (χ3v) is 8.80. The molecule has 3 heterocycles. The first-order valence-corrected chi connectivity index (χ1v) is 13.4. The first-order valence-electron chi connectivity index (χ1n) is 9.94. The van der Waals surface area contributed by atoms with E-state index in [1.807, 2.05) is 13.8 Å². The fourth-order valence-electron chi connectivity index (χ4n) is 3.08. The molecule has 2 aromatic heterocycles. The maximum absolute atomic E-state index is 12.9. The maximum Gasteiger partial charge on any atom is 0.305 e. The van der Waals surface area contributed by atoms with Crippen LogP contribution >= 0.6 is 23.1 Å². The Kier molecular flexibility index (Phi) is 8.17. The van der Waals surface area contributed by atoms with Crippen LogP contribution in [0.15, 0.2) is 32.9 Å². The Labute approximate surface area is 190 Å². The van der Waals surface area contributed by atoms with Crippen LogP contribution in [0.25, 0.3) is 0 Å². The number of rotatable bonds is 8. The second-order valence-corrected chi connectivity index (χ2v) is 10.8. The van der Waals surface area contributed by atoms with E-state index in [9.17, 15) is 18.0 Å². The summed E-state index contributed by atoms with van der Waals surface area (Å²) in [6.07, 6.45) is 0. The van der Waals surface area contributed by atoms with Crippen molar-refractivity contribution in [2.24, 2.45) is 0 Å². The van der Waals surface area contributed by atoms with Crippen LogP contribution in [0.3, 0.4) is 0 Å². The maximum atomic E-state index is 12.9. The molecular formula is C19H26N4O5S3. The zero-order valence-electron chi connectivity index (χ0n) is 17.4. The lowest BCUT2D eigenvalue weighted by Gasteiger charge is -2.25. The summed E-state index contributed by atoms with van der Waals surface area (Å²) in [5.41, 5.74) is 4.57. The minimum atomic E-state index is -3.76. The summed E-state index contributed by atoms with van der Waals surface area (Å²) in [7, 11) is -3.76. The molecule has 0 radical (unpaired) electrons. The van der Waals surface area contributed by atoms with Gasteiger partial charge in [-0.25, -0.2) is 8.42 Å². The topological polar surface area (TPSA) is 112 Å². The molecule has 0 saturated carbocycles. The van der Waals surface area contributed by atoms with Gasteiger partial charge in [-0.2, -0.15) is 16.1 Å². The lowest BCUT2D eigenvalue weighted by atomic mass is 10.4. The molecule has 31 heavy (non-hydrogen) atoms. The average Bonchev–Trinajstić information content (AvgIpc) is 3.46. The Morgan fingerprint density at radius 3 is 2.45 bits per heavy atom. The molecular weight excluding hydrogens is 460 g/mol. The van der Waals surface area contributed by atoms with Gasteiger partial charge in [0.25, 0.3) is 5.91 Å². The molecule has 1 fully saturated rings. The number of nitrogens with zero attached hydrogens (tertiary/aromatic N) is 2. The summed E-state index contributed by atoms with van der Waals surface area (Å²) in [6.45, 7) is 7.20. The fraction of sp³-hybridized carbons (Fsp3) is 0.474. The number of hydrogen-bond donors (Lipinski definition) is 2. The van der Waals surface area contributed by atoms with Gasteiger partial charge in [0.15, 0.2) is 5.76 Å². The number of thioether (sulfide) groups is 1. The minimum absolute atomic E-state index is 0.0280. The Morgan fingerprint density at radius 1 is 1.10 bits per heavy atom. The summed E-state index contributed by atoms with van der Waals surface area (Å²) >= 11 is 2.71. The number of carbonyl (C=O) groups excluding carboxylic acids is 2. The zero-order valence-corrected chi connectivity index (χ0v) is 19.9. The highest BCUT2D eigenvalue weighted by Gasteiger charge is 2.31. The van der Waals surface area contributed by atoms with Crippen molar-refractivity contribution in [3.05, 3.63) is 40.0 Å². The number of sulfonamides is 1. The van der Waals surface area contributed by atoms with E-state index < -0.39 is 21.8 Å². The average molecular weight is 487 g/mol. The molecule has 2 aromatic rings. The molecule has 0 aliphatic carbocycles. The number of amides is 2. The Bertz CT molecular complexity index is 1010. The van der Waals surface area contributed by atoms with Gasteiger partial charge >= 0.3 is 5.91 Å². The largest absolute Gasteiger partial charge is 0.454 e. The monoisotopic (exact) mass is 486 g/mol. The van der Waals surface area contributed by atoms with Crippen LogP contribution in [0, 0.1) is 0 Å². The van der Waals surface area contributed by atoms with Crippen molar-refractivity contribution in [1.82, 2.24) is 20.1 Å². The van der Waals surface area contributed by atoms with Crippen LogP contribution in [-0.2, 0) is 16.6 Å². The highest BCUT2D eigenvalue weighted by Crippen LogP contribution is 2.27. The third kappa shape index (κ3) is 5.69. The van der Waals surface area contributed by atoms with E-state index >= 15 is 0 Å². The molecule has 0 bridgehead atoms. The summed E-state index contributed by atoms with van der Waals surface area (Å²) < 4.78 is 32.8. The van der Waals surface area contributed by atoms with E-state index in [-0.39, 0.29) is 15.5 Å². The number of carbonyl (C=O) groups is 2. The van der Waals surface area contributed by atoms with Gasteiger partial charge in [-0.05, 0) is 36.7 Å². The molecule has 0 aromatic carbocycles. The zero-order chi connectivity index (χ0) is 22.4. The van der Waals surface area contributed by atoms with Gasteiger partial charge in [0.05, 0.1) is 6.54 Å². The van der Waals surface area contributed by atoms with Crippen molar-refractivity contribution in [2.75, 3.05) is 37.7 Å². The highest BCUT2D eigenvalue weighted by atomic mass is 32.2. The second kappa shape index (κ2) is 10.6. The van der Waals surface area contributed by atoms with Crippen molar-refractivity contribution in [3.8, 4) is 0 Å². The Morgan fingerprint density at radius 2 is 1.77 bits per heavy atom. The van der Waals surface area contributed by atoms with Crippen LogP contribution in [0.2, 0.25) is 0 Å². The molecule has 12 heteroatoms. The standard InChI is InChI=1S/C19H26N4O5S3/c1-3-22(4-2)13-14-5-6-15(28-14)18(24)20-21-19(25)17-16(7-10-30-17)31(26,27)23-8-11-29-12-9-23/h5-7,10H,3-4,8-9,11-13H2,1-2H3,(H,20,24)(H,21,25). The summed E-state index contributed by atoms with van der Waals surface area (Å²) in [5, 5.41) is 1.55. The van der Waals surface area contributed by atoms with Crippen molar-refractivity contribution in [2.45, 2.75) is 25.3 Å². The first kappa shape index (κ1) is 23.8. The predicted octanol–water partition coefficient (Wildman–Crippen LogP) is 2.00. The molecule has 2 amide bonds. The smallest absolute Gasteiger partial charge is 0.305 e. The summed E-state index contributed by atoms with van der Waals surface area (Å²) in [6, 6.07) is 4.68. The van der Waals surface area contributed by atoms with E-state index in [0.717, 1.165) is 35.9 Å². The van der Waals surface area contributed by atoms with Gasteiger partial charge in [-0.3, -0.25) is 25.3 Å². The van der Waals surface area contributed by atoms with Crippen molar-refractivity contribution < 1.29 is 22.4 Å². The van der Waals surface area contributed by atoms with Gasteiger partial charge in [-0.15, -0.1) is 11.3 Å². The molecule has 9 nitrogen and oxygen atoms in total. The molecule has 0 spiro atoms. The first-order chi connectivity index (χ1) is 14.9. The summed E-state index contributed by atoms with van der Waals surface area (Å²) in [5.74, 6) is 0.843. The van der Waals surface area contributed by atoms with Gasteiger partial charge < -0.3 is 4.42 Å². The van der Waals surface area contributed by atoms with Gasteiger partial charge in [0.1, 0.15) is 15.5 Å². The Hall–Kier alpha value is -1.86. The Balaban J connectivity index is 1.62. The van der Waals surface area contributed by atoms with E-state index in [0.29, 0.717) is 25.4 Å². The quantitative estimate of drug-likeness (QED) is 0.549. The number of furan rings is 1. The number of hydrogen-bond acceptors (Lipinski definition) is 8. The molecule has 2 N–H and O–H groups in total. The molecule has 0 atom stereocenters. The fourth-order valence-corrected chi connectivity index (χ4v) is 6.95. The second-order valence-electron chi connectivity index (χ2n) is 6.77. The number of thiophene rings is 1. The van der Waals surface area contributed by atoms with Crippen LogP contribution in [-0.4, -0.2) is 67.1 Å². The van der Waals surface area contributed by atoms with Crippen LogP contribution in [0.5, 0.6) is 0 Å². The normalized spacial score (nSPS) is 15.2. The molecule has 170 valence electrons. The minimum Gasteiger partial charge on any atom is -0.454 e. The number of nitrogens with one attached hydrogen (secondary N) is 2. The van der Waals surface area contributed by atoms with E-state index in [1.165, 1.54) is 16.4 Å². The van der Waals surface area contributed by atoms with Crippen LogP contribution in [0.1, 0.15) is 39.8 Å². The van der Waals surface area contributed by atoms with Gasteiger partial charge in [0, 0.05) is 24.6 Å². The van der Waals surface area contributed by atoms with Crippen LogP contribution in [0.4, 0.5) is 0 Å². The third-order valence-electron chi connectivity index (χ3n) is 4.87. The van der Waals surface area contributed by atoms with E-state index in [1.54, 1.807) is 23.2 Å². The number of hydrazine groups is 1. The van der Waals surface area contributed by atoms with Crippen LogP contribution < -0.4 is 10.9 Å². The molecule has 1 saturated heterocycles. The van der Waals surface area contributed by atoms with E-state index in [4.69, 9.17) is 4.42 Å². The van der Waals surface area contributed by atoms with Crippen molar-refractivity contribution >= 4 is 44.9 Å². The van der Waals surface area contributed by atoms with Gasteiger partial charge in [0.2, 0.25) is 10.0 Å². The van der Waals surface area contributed by atoms with Crippen molar-refractivity contribution in [1.29, 1.82) is 0 Å². The molecule has 1 aliphatic heterocycles. The molecule has 3 rings (SSSR count). The van der Waals surface area contributed by atoms with Crippen molar-refractivity contribution in [3.63, 3.8) is 0 Å². The lowest BCUT2D eigenvalue weighted by molar-refractivity contribution is 0.0829. The molecule has 1 aliphatic rings. The highest BCUT2D eigenvalue weighted by molar-refractivity contribution is 7.99.